The van der Waals surface area contributed by atoms with Crippen LogP contribution in [0.2, 0.25) is 0 Å². The number of rotatable bonds is 3. The van der Waals surface area contributed by atoms with Gasteiger partial charge in [0.05, 0.1) is 12.2 Å². The van der Waals surface area contributed by atoms with Gasteiger partial charge >= 0.3 is 0 Å². The first-order valence-corrected chi connectivity index (χ1v) is 5.36. The lowest BCUT2D eigenvalue weighted by Gasteiger charge is -2.14. The van der Waals surface area contributed by atoms with Gasteiger partial charge in [-0.15, -0.1) is 0 Å². The fraction of sp³-hybridized carbons (Fsp3) is 0.417. The van der Waals surface area contributed by atoms with E-state index < -0.39 is 0 Å². The van der Waals surface area contributed by atoms with Gasteiger partial charge in [0.25, 0.3) is 0 Å². The van der Waals surface area contributed by atoms with Crippen molar-refractivity contribution < 1.29 is 0 Å². The number of nitrogens with one attached hydrogen (secondary N) is 1. The van der Waals surface area contributed by atoms with Crippen LogP contribution in [-0.2, 0) is 6.54 Å². The Balaban J connectivity index is 1.98. The summed E-state index contributed by atoms with van der Waals surface area (Å²) in [4.78, 5) is 4.30. The molecule has 0 saturated carbocycles. The summed E-state index contributed by atoms with van der Waals surface area (Å²) < 4.78 is 0. The second kappa shape index (κ2) is 4.45. The topological polar surface area (TPSA) is 28.2 Å². The lowest BCUT2D eigenvalue weighted by atomic mass is 10.1. The highest BCUT2D eigenvalue weighted by molar-refractivity contribution is 5.12. The standard InChI is InChI=1S/C12H17N3/c1-10(2)11-7-14-15(8-11)9-12-5-3-4-6-13-12/h3-6,8,10,14H,7,9H2,1-2H3. The Hall–Kier alpha value is -1.35. The minimum Gasteiger partial charge on any atom is -0.309 e. The van der Waals surface area contributed by atoms with Crippen LogP contribution < -0.4 is 5.43 Å². The highest BCUT2D eigenvalue weighted by Crippen LogP contribution is 2.15. The molecule has 3 heteroatoms. The molecule has 0 amide bonds. The fourth-order valence-electron chi connectivity index (χ4n) is 1.61. The summed E-state index contributed by atoms with van der Waals surface area (Å²) in [6, 6.07) is 6.00. The molecule has 2 heterocycles. The molecule has 2 rings (SSSR count). The van der Waals surface area contributed by atoms with Gasteiger partial charge in [0.15, 0.2) is 0 Å². The molecule has 1 aliphatic rings. The van der Waals surface area contributed by atoms with E-state index in [0.717, 1.165) is 18.8 Å². The molecule has 1 aromatic heterocycles. The molecular formula is C12H17N3. The zero-order chi connectivity index (χ0) is 10.7. The first kappa shape index (κ1) is 10.2. The molecule has 0 radical (unpaired) electrons. The van der Waals surface area contributed by atoms with E-state index >= 15 is 0 Å². The van der Waals surface area contributed by atoms with Crippen LogP contribution in [-0.4, -0.2) is 16.5 Å². The van der Waals surface area contributed by atoms with Gasteiger partial charge in [0.1, 0.15) is 0 Å². The van der Waals surface area contributed by atoms with Crippen LogP contribution in [0.3, 0.4) is 0 Å². The molecule has 1 aliphatic heterocycles. The Morgan fingerprint density at radius 3 is 2.93 bits per heavy atom. The Kier molecular flexibility index (Phi) is 3.02. The molecule has 0 bridgehead atoms. The first-order valence-electron chi connectivity index (χ1n) is 5.36. The van der Waals surface area contributed by atoms with Crippen LogP contribution in [0.4, 0.5) is 0 Å². The molecule has 80 valence electrons. The van der Waals surface area contributed by atoms with Crippen LogP contribution >= 0.6 is 0 Å². The number of hydrogen-bond donors (Lipinski definition) is 1. The van der Waals surface area contributed by atoms with E-state index in [4.69, 9.17) is 0 Å². The zero-order valence-electron chi connectivity index (χ0n) is 9.27. The highest BCUT2D eigenvalue weighted by atomic mass is 15.5. The van der Waals surface area contributed by atoms with Crippen molar-refractivity contribution in [3.8, 4) is 0 Å². The fourth-order valence-corrected chi connectivity index (χ4v) is 1.61. The van der Waals surface area contributed by atoms with Gasteiger partial charge in [0.2, 0.25) is 0 Å². The van der Waals surface area contributed by atoms with Gasteiger partial charge in [0, 0.05) is 18.9 Å². The van der Waals surface area contributed by atoms with E-state index in [0.29, 0.717) is 5.92 Å². The summed E-state index contributed by atoms with van der Waals surface area (Å²) in [5.74, 6) is 0.617. The number of nitrogens with zero attached hydrogens (tertiary/aromatic N) is 2. The third-order valence-electron chi connectivity index (χ3n) is 2.61. The lowest BCUT2D eigenvalue weighted by molar-refractivity contribution is 0.295. The molecule has 0 unspecified atom stereocenters. The molecular weight excluding hydrogens is 186 g/mol. The SMILES string of the molecule is CC(C)C1=CN(Cc2ccccn2)NC1. The molecule has 0 spiro atoms. The number of aromatic nitrogens is 1. The Morgan fingerprint density at radius 2 is 2.33 bits per heavy atom. The third-order valence-corrected chi connectivity index (χ3v) is 2.61. The van der Waals surface area contributed by atoms with Gasteiger partial charge < -0.3 is 5.01 Å². The Morgan fingerprint density at radius 1 is 1.47 bits per heavy atom. The molecule has 0 aromatic carbocycles. The molecule has 0 fully saturated rings. The quantitative estimate of drug-likeness (QED) is 0.813. The van der Waals surface area contributed by atoms with Crippen LogP contribution in [0.15, 0.2) is 36.2 Å². The van der Waals surface area contributed by atoms with Crippen molar-refractivity contribution in [2.75, 3.05) is 6.54 Å². The van der Waals surface area contributed by atoms with E-state index in [1.165, 1.54) is 5.57 Å². The van der Waals surface area contributed by atoms with Crippen molar-refractivity contribution in [3.63, 3.8) is 0 Å². The van der Waals surface area contributed by atoms with E-state index in [-0.39, 0.29) is 0 Å². The normalized spacial score (nSPS) is 15.9. The number of hydrogen-bond acceptors (Lipinski definition) is 3. The maximum atomic E-state index is 4.30. The number of hydrazine groups is 1. The molecule has 1 aromatic rings. The molecule has 1 N–H and O–H groups in total. The average Bonchev–Trinajstić information content (AvgIpc) is 2.68. The Bertz CT molecular complexity index is 343. The maximum absolute atomic E-state index is 4.30. The largest absolute Gasteiger partial charge is 0.309 e. The van der Waals surface area contributed by atoms with Crippen molar-refractivity contribution in [2.45, 2.75) is 20.4 Å². The molecule has 0 aliphatic carbocycles. The van der Waals surface area contributed by atoms with Gasteiger partial charge in [-0.2, -0.15) is 0 Å². The van der Waals surface area contributed by atoms with Gasteiger partial charge in [-0.25, -0.2) is 5.43 Å². The summed E-state index contributed by atoms with van der Waals surface area (Å²) in [7, 11) is 0. The van der Waals surface area contributed by atoms with Crippen molar-refractivity contribution >= 4 is 0 Å². The van der Waals surface area contributed by atoms with E-state index in [2.05, 4.69) is 35.5 Å². The van der Waals surface area contributed by atoms with Gasteiger partial charge in [-0.05, 0) is 23.6 Å². The first-order chi connectivity index (χ1) is 7.25. The molecule has 0 saturated heterocycles. The monoisotopic (exact) mass is 203 g/mol. The van der Waals surface area contributed by atoms with Crippen molar-refractivity contribution in [3.05, 3.63) is 41.9 Å². The van der Waals surface area contributed by atoms with Gasteiger partial charge in [-0.3, -0.25) is 4.98 Å². The molecule has 0 atom stereocenters. The van der Waals surface area contributed by atoms with Gasteiger partial charge in [-0.1, -0.05) is 19.9 Å². The smallest absolute Gasteiger partial charge is 0.0760 e. The molecule has 3 nitrogen and oxygen atoms in total. The van der Waals surface area contributed by atoms with Crippen LogP contribution in [0.1, 0.15) is 19.5 Å². The van der Waals surface area contributed by atoms with Crippen LogP contribution in [0.5, 0.6) is 0 Å². The van der Waals surface area contributed by atoms with Crippen molar-refractivity contribution in [2.24, 2.45) is 5.92 Å². The maximum Gasteiger partial charge on any atom is 0.0760 e. The average molecular weight is 203 g/mol. The minimum absolute atomic E-state index is 0.617. The Labute approximate surface area is 90.8 Å². The predicted molar refractivity (Wildman–Crippen MR) is 60.7 cm³/mol. The van der Waals surface area contributed by atoms with Crippen molar-refractivity contribution in [1.82, 2.24) is 15.4 Å². The second-order valence-corrected chi connectivity index (χ2v) is 4.14. The zero-order valence-corrected chi connectivity index (χ0v) is 9.27. The number of pyridine rings is 1. The highest BCUT2D eigenvalue weighted by Gasteiger charge is 2.14. The second-order valence-electron chi connectivity index (χ2n) is 4.14. The minimum atomic E-state index is 0.617. The predicted octanol–water partition coefficient (Wildman–Crippen LogP) is 1.94. The summed E-state index contributed by atoms with van der Waals surface area (Å²) in [5.41, 5.74) is 5.88. The van der Waals surface area contributed by atoms with Crippen LogP contribution in [0, 0.1) is 5.92 Å². The van der Waals surface area contributed by atoms with E-state index in [9.17, 15) is 0 Å². The molecule has 15 heavy (non-hydrogen) atoms. The summed E-state index contributed by atoms with van der Waals surface area (Å²) in [6.07, 6.45) is 4.03. The van der Waals surface area contributed by atoms with Crippen LogP contribution in [0.25, 0.3) is 0 Å². The summed E-state index contributed by atoms with van der Waals surface area (Å²) in [6.45, 7) is 6.23. The van der Waals surface area contributed by atoms with E-state index in [1.807, 2.05) is 24.4 Å². The summed E-state index contributed by atoms with van der Waals surface area (Å²) in [5, 5.41) is 2.11. The van der Waals surface area contributed by atoms with E-state index in [1.54, 1.807) is 0 Å². The van der Waals surface area contributed by atoms with Crippen molar-refractivity contribution in [1.29, 1.82) is 0 Å². The third kappa shape index (κ3) is 2.57. The lowest BCUT2D eigenvalue weighted by Crippen LogP contribution is -2.28. The summed E-state index contributed by atoms with van der Waals surface area (Å²) >= 11 is 0.